The number of carbonyl (C=O) groups is 1. The molecule has 1 heterocycles. The molecular weight excluding hydrogens is 284 g/mol. The Bertz CT molecular complexity index is 419. The zero-order valence-electron chi connectivity index (χ0n) is 9.64. The lowest BCUT2D eigenvalue weighted by Gasteiger charge is -2.34. The average molecular weight is 299 g/mol. The molecule has 1 aliphatic rings. The lowest BCUT2D eigenvalue weighted by atomic mass is 9.82. The van der Waals surface area contributed by atoms with Crippen LogP contribution >= 0.6 is 15.9 Å². The van der Waals surface area contributed by atoms with Gasteiger partial charge in [0.05, 0.1) is 11.7 Å². The summed E-state index contributed by atoms with van der Waals surface area (Å²) in [7, 11) is 1.79. The summed E-state index contributed by atoms with van der Waals surface area (Å²) in [6.45, 7) is 0.697. The molecule has 0 atom stereocenters. The molecule has 0 saturated heterocycles. The third kappa shape index (κ3) is 3.04. The summed E-state index contributed by atoms with van der Waals surface area (Å²) in [5, 5.41) is 9.20. The zero-order valence-corrected chi connectivity index (χ0v) is 11.2. The highest BCUT2D eigenvalue weighted by Crippen LogP contribution is 2.27. The fraction of sp³-hybridized carbons (Fsp3) is 0.500. The summed E-state index contributed by atoms with van der Waals surface area (Å²) in [4.78, 5) is 17.7. The molecule has 0 radical (unpaired) electrons. The molecule has 1 aromatic rings. The van der Waals surface area contributed by atoms with Gasteiger partial charge in [-0.05, 0) is 40.8 Å². The molecule has 92 valence electrons. The molecule has 0 aliphatic heterocycles. The number of pyridine rings is 1. The molecule has 2 rings (SSSR count). The highest BCUT2D eigenvalue weighted by atomic mass is 79.9. The van der Waals surface area contributed by atoms with Crippen LogP contribution in [-0.4, -0.2) is 40.6 Å². The van der Waals surface area contributed by atoms with Gasteiger partial charge in [-0.2, -0.15) is 0 Å². The molecule has 1 N–H and O–H groups in total. The quantitative estimate of drug-likeness (QED) is 0.924. The normalized spacial score (nSPS) is 23.0. The van der Waals surface area contributed by atoms with E-state index in [4.69, 9.17) is 0 Å². The van der Waals surface area contributed by atoms with Gasteiger partial charge in [-0.15, -0.1) is 0 Å². The van der Waals surface area contributed by atoms with E-state index in [1.165, 1.54) is 0 Å². The van der Waals surface area contributed by atoms with Crippen LogP contribution in [0.2, 0.25) is 0 Å². The number of halogens is 1. The monoisotopic (exact) mass is 298 g/mol. The predicted octanol–water partition coefficient (Wildman–Crippen LogP) is 1.69. The summed E-state index contributed by atoms with van der Waals surface area (Å²) in [6, 6.07) is 1.77. The first-order valence-corrected chi connectivity index (χ1v) is 6.39. The summed E-state index contributed by atoms with van der Waals surface area (Å²) >= 11 is 3.30. The van der Waals surface area contributed by atoms with Crippen LogP contribution in [0.1, 0.15) is 23.2 Å². The highest BCUT2D eigenvalue weighted by Gasteiger charge is 2.29. The number of aliphatic hydroxyl groups is 1. The Labute approximate surface area is 109 Å². The van der Waals surface area contributed by atoms with Crippen molar-refractivity contribution in [1.82, 2.24) is 9.88 Å². The van der Waals surface area contributed by atoms with Gasteiger partial charge < -0.3 is 10.0 Å². The van der Waals surface area contributed by atoms with Crippen molar-refractivity contribution < 1.29 is 9.90 Å². The predicted molar refractivity (Wildman–Crippen MR) is 67.6 cm³/mol. The molecule has 0 bridgehead atoms. The van der Waals surface area contributed by atoms with Crippen LogP contribution in [0.4, 0.5) is 0 Å². The number of hydrogen-bond acceptors (Lipinski definition) is 3. The van der Waals surface area contributed by atoms with E-state index in [0.29, 0.717) is 18.0 Å². The van der Waals surface area contributed by atoms with Gasteiger partial charge in [-0.25, -0.2) is 0 Å². The third-order valence-electron chi connectivity index (χ3n) is 3.04. The van der Waals surface area contributed by atoms with Gasteiger partial charge in [-0.3, -0.25) is 9.78 Å². The summed E-state index contributed by atoms with van der Waals surface area (Å²) in [6.07, 6.45) is 4.65. The van der Waals surface area contributed by atoms with Crippen molar-refractivity contribution in [2.24, 2.45) is 5.92 Å². The standard InChI is InChI=1S/C12H15BrN2O2/c1-15(7-8-2-11(16)3-8)12(17)9-4-10(13)6-14-5-9/h4-6,8,11,16H,2-3,7H2,1H3. The molecule has 1 amide bonds. The third-order valence-corrected chi connectivity index (χ3v) is 3.48. The van der Waals surface area contributed by atoms with E-state index < -0.39 is 0 Å². The lowest BCUT2D eigenvalue weighted by Crippen LogP contribution is -2.39. The second-order valence-corrected chi connectivity index (χ2v) is 5.48. The molecule has 5 heteroatoms. The van der Waals surface area contributed by atoms with E-state index >= 15 is 0 Å². The van der Waals surface area contributed by atoms with E-state index in [-0.39, 0.29) is 12.0 Å². The molecule has 17 heavy (non-hydrogen) atoms. The Kier molecular flexibility index (Phi) is 3.79. The van der Waals surface area contributed by atoms with Crippen LogP contribution in [-0.2, 0) is 0 Å². The Morgan fingerprint density at radius 3 is 2.88 bits per heavy atom. The molecular formula is C12H15BrN2O2. The number of nitrogens with zero attached hydrogens (tertiary/aromatic N) is 2. The topological polar surface area (TPSA) is 53.4 Å². The Morgan fingerprint density at radius 1 is 1.59 bits per heavy atom. The van der Waals surface area contributed by atoms with Gasteiger partial charge in [0.1, 0.15) is 0 Å². The first-order valence-electron chi connectivity index (χ1n) is 5.60. The van der Waals surface area contributed by atoms with Crippen molar-refractivity contribution in [2.45, 2.75) is 18.9 Å². The summed E-state index contributed by atoms with van der Waals surface area (Å²) in [5.74, 6) is 0.402. The Hall–Kier alpha value is -0.940. The number of hydrogen-bond donors (Lipinski definition) is 1. The van der Waals surface area contributed by atoms with Crippen LogP contribution < -0.4 is 0 Å². The zero-order chi connectivity index (χ0) is 12.4. The fourth-order valence-corrected chi connectivity index (χ4v) is 2.43. The van der Waals surface area contributed by atoms with Gasteiger partial charge in [0, 0.05) is 30.5 Å². The smallest absolute Gasteiger partial charge is 0.255 e. The summed E-state index contributed by atoms with van der Waals surface area (Å²) in [5.41, 5.74) is 0.585. The minimum absolute atomic E-state index is 0.0276. The van der Waals surface area contributed by atoms with E-state index in [1.807, 2.05) is 0 Å². The van der Waals surface area contributed by atoms with Crippen LogP contribution in [0.15, 0.2) is 22.9 Å². The Balaban J connectivity index is 1.95. The molecule has 1 aliphatic carbocycles. The SMILES string of the molecule is CN(CC1CC(O)C1)C(=O)c1cncc(Br)c1. The number of aromatic nitrogens is 1. The first kappa shape index (κ1) is 12.5. The second kappa shape index (κ2) is 5.14. The maximum absolute atomic E-state index is 12.1. The molecule has 1 fully saturated rings. The van der Waals surface area contributed by atoms with Crippen LogP contribution in [0.3, 0.4) is 0 Å². The fourth-order valence-electron chi connectivity index (χ4n) is 2.07. The lowest BCUT2D eigenvalue weighted by molar-refractivity contribution is 0.0265. The van der Waals surface area contributed by atoms with Gasteiger partial charge in [0.2, 0.25) is 0 Å². The van der Waals surface area contributed by atoms with Crippen molar-refractivity contribution in [1.29, 1.82) is 0 Å². The second-order valence-electron chi connectivity index (χ2n) is 4.57. The average Bonchev–Trinajstić information content (AvgIpc) is 2.26. The number of rotatable bonds is 3. The van der Waals surface area contributed by atoms with E-state index in [0.717, 1.165) is 17.3 Å². The highest BCUT2D eigenvalue weighted by molar-refractivity contribution is 9.10. The van der Waals surface area contributed by atoms with Gasteiger partial charge in [0.25, 0.3) is 5.91 Å². The number of aliphatic hydroxyl groups excluding tert-OH is 1. The van der Waals surface area contributed by atoms with E-state index in [2.05, 4.69) is 20.9 Å². The molecule has 0 spiro atoms. The van der Waals surface area contributed by atoms with Crippen molar-refractivity contribution in [3.63, 3.8) is 0 Å². The molecule has 0 aromatic carbocycles. The number of amides is 1. The van der Waals surface area contributed by atoms with Gasteiger partial charge in [0.15, 0.2) is 0 Å². The Morgan fingerprint density at radius 2 is 2.29 bits per heavy atom. The maximum Gasteiger partial charge on any atom is 0.255 e. The minimum Gasteiger partial charge on any atom is -0.393 e. The van der Waals surface area contributed by atoms with Crippen LogP contribution in [0, 0.1) is 5.92 Å². The van der Waals surface area contributed by atoms with Crippen molar-refractivity contribution >= 4 is 21.8 Å². The molecule has 1 aromatic heterocycles. The maximum atomic E-state index is 12.1. The van der Waals surface area contributed by atoms with Crippen LogP contribution in [0.25, 0.3) is 0 Å². The molecule has 0 unspecified atom stereocenters. The number of carbonyl (C=O) groups excluding carboxylic acids is 1. The molecule has 1 saturated carbocycles. The van der Waals surface area contributed by atoms with Gasteiger partial charge in [-0.1, -0.05) is 0 Å². The summed E-state index contributed by atoms with van der Waals surface area (Å²) < 4.78 is 0.802. The van der Waals surface area contributed by atoms with Crippen LogP contribution in [0.5, 0.6) is 0 Å². The first-order chi connectivity index (χ1) is 8.06. The van der Waals surface area contributed by atoms with Crippen molar-refractivity contribution in [3.8, 4) is 0 Å². The van der Waals surface area contributed by atoms with E-state index in [1.54, 1.807) is 30.4 Å². The van der Waals surface area contributed by atoms with Gasteiger partial charge >= 0.3 is 0 Å². The molecule has 4 nitrogen and oxygen atoms in total. The minimum atomic E-state index is -0.170. The van der Waals surface area contributed by atoms with E-state index in [9.17, 15) is 9.90 Å². The van der Waals surface area contributed by atoms with Crippen molar-refractivity contribution in [2.75, 3.05) is 13.6 Å². The largest absolute Gasteiger partial charge is 0.393 e. The van der Waals surface area contributed by atoms with Crippen molar-refractivity contribution in [3.05, 3.63) is 28.5 Å².